The molecule has 1 N–H and O–H groups in total. The first-order chi connectivity index (χ1) is 8.90. The molecule has 19 heavy (non-hydrogen) atoms. The number of carbonyl (C=O) groups excluding carboxylic acids is 2. The predicted octanol–water partition coefficient (Wildman–Crippen LogP) is 0.907. The lowest BCUT2D eigenvalue weighted by Gasteiger charge is -2.26. The average Bonchev–Trinajstić information content (AvgIpc) is 2.29. The van der Waals surface area contributed by atoms with Crippen LogP contribution in [0.1, 0.15) is 39.5 Å². The molecule has 1 rings (SSSR count). The van der Waals surface area contributed by atoms with Crippen LogP contribution in [0.25, 0.3) is 0 Å². The predicted molar refractivity (Wildman–Crippen MR) is 64.6 cm³/mol. The lowest BCUT2D eigenvalue weighted by Crippen LogP contribution is -2.28. The molecule has 0 atom stereocenters. The first-order valence-corrected chi connectivity index (χ1v) is 6.05. The molecule has 0 aromatic rings. The van der Waals surface area contributed by atoms with Crippen LogP contribution in [-0.2, 0) is 24.0 Å². The van der Waals surface area contributed by atoms with Gasteiger partial charge in [-0.1, -0.05) is 5.16 Å². The van der Waals surface area contributed by atoms with Crippen LogP contribution in [0.3, 0.4) is 0 Å². The summed E-state index contributed by atoms with van der Waals surface area (Å²) in [6.45, 7) is 2.48. The van der Waals surface area contributed by atoms with E-state index in [1.807, 2.05) is 0 Å². The molecule has 1 fully saturated rings. The maximum Gasteiger partial charge on any atom is 0.361 e. The number of carbonyl (C=O) groups is 3. The van der Waals surface area contributed by atoms with Crippen molar-refractivity contribution in [1.82, 2.24) is 0 Å². The van der Waals surface area contributed by atoms with Crippen molar-refractivity contribution >= 4 is 23.4 Å². The summed E-state index contributed by atoms with van der Waals surface area (Å²) in [5.41, 5.74) is -0.609. The Morgan fingerprint density at radius 1 is 1.05 bits per heavy atom. The quantitative estimate of drug-likeness (QED) is 0.345. The zero-order valence-electron chi connectivity index (χ0n) is 10.9. The first-order valence-electron chi connectivity index (χ1n) is 6.05. The Hall–Kier alpha value is -1.92. The van der Waals surface area contributed by atoms with Crippen molar-refractivity contribution < 1.29 is 29.1 Å². The van der Waals surface area contributed by atoms with E-state index in [-0.39, 0.29) is 18.2 Å². The molecule has 1 aliphatic rings. The second kappa shape index (κ2) is 6.86. The molecule has 0 aliphatic heterocycles. The number of esters is 1. The number of ketones is 1. The number of oxime groups is 1. The third kappa shape index (κ3) is 5.07. The van der Waals surface area contributed by atoms with Crippen molar-refractivity contribution in [2.24, 2.45) is 5.16 Å². The molecule has 106 valence electrons. The van der Waals surface area contributed by atoms with E-state index in [1.165, 1.54) is 6.92 Å². The smallest absolute Gasteiger partial charge is 0.361 e. The molecule has 0 heterocycles. The van der Waals surface area contributed by atoms with Gasteiger partial charge >= 0.3 is 11.9 Å². The van der Waals surface area contributed by atoms with Gasteiger partial charge in [-0.15, -0.1) is 0 Å². The Morgan fingerprint density at radius 3 is 2.00 bits per heavy atom. The Bertz CT molecular complexity index is 379. The van der Waals surface area contributed by atoms with Gasteiger partial charge in [-0.2, -0.15) is 0 Å². The summed E-state index contributed by atoms with van der Waals surface area (Å²) >= 11 is 0. The van der Waals surface area contributed by atoms with Crippen LogP contribution in [-0.4, -0.2) is 40.7 Å². The molecule has 0 spiro atoms. The number of carboxylic acid groups (broad SMARTS) is 1. The second-order valence-electron chi connectivity index (χ2n) is 4.41. The molecule has 0 radical (unpaired) electrons. The highest BCUT2D eigenvalue weighted by Crippen LogP contribution is 2.23. The molecular weight excluding hydrogens is 254 g/mol. The summed E-state index contributed by atoms with van der Waals surface area (Å²) in [6.07, 6.45) is 2.12. The molecule has 0 unspecified atom stereocenters. The van der Waals surface area contributed by atoms with Crippen molar-refractivity contribution in [2.45, 2.75) is 51.7 Å². The summed E-state index contributed by atoms with van der Waals surface area (Å²) in [5, 5.41) is 12.1. The molecule has 0 bridgehead atoms. The minimum atomic E-state index is -1.40. The Kier molecular flexibility index (Phi) is 5.47. The minimum absolute atomic E-state index is 0.118. The Morgan fingerprint density at radius 2 is 1.58 bits per heavy atom. The van der Waals surface area contributed by atoms with E-state index in [1.54, 1.807) is 0 Å². The molecular formula is C12H17NO6. The third-order valence-corrected chi connectivity index (χ3v) is 2.78. The van der Waals surface area contributed by atoms with Crippen molar-refractivity contribution in [1.29, 1.82) is 0 Å². The van der Waals surface area contributed by atoms with E-state index < -0.39 is 17.5 Å². The van der Waals surface area contributed by atoms with Gasteiger partial charge < -0.3 is 14.7 Å². The van der Waals surface area contributed by atoms with Gasteiger partial charge in [-0.05, 0) is 25.7 Å². The van der Waals surface area contributed by atoms with E-state index in [0.717, 1.165) is 6.92 Å². The van der Waals surface area contributed by atoms with Gasteiger partial charge in [-0.3, -0.25) is 9.59 Å². The lowest BCUT2D eigenvalue weighted by molar-refractivity contribution is -0.149. The van der Waals surface area contributed by atoms with Gasteiger partial charge in [0.15, 0.2) is 5.78 Å². The van der Waals surface area contributed by atoms with Crippen LogP contribution >= 0.6 is 0 Å². The van der Waals surface area contributed by atoms with E-state index in [0.29, 0.717) is 25.7 Å². The number of rotatable bonds is 5. The van der Waals surface area contributed by atoms with Crippen LogP contribution in [0.5, 0.6) is 0 Å². The van der Waals surface area contributed by atoms with Gasteiger partial charge in [0.25, 0.3) is 0 Å². The largest absolute Gasteiger partial charge is 0.476 e. The minimum Gasteiger partial charge on any atom is -0.476 e. The maximum absolute atomic E-state index is 11.0. The van der Waals surface area contributed by atoms with Crippen LogP contribution in [0.15, 0.2) is 5.16 Å². The number of hydrogen-bond donors (Lipinski definition) is 1. The van der Waals surface area contributed by atoms with Crippen LogP contribution < -0.4 is 0 Å². The zero-order valence-corrected chi connectivity index (χ0v) is 10.9. The van der Waals surface area contributed by atoms with Crippen molar-refractivity contribution in [2.75, 3.05) is 0 Å². The molecule has 0 aromatic carbocycles. The zero-order chi connectivity index (χ0) is 14.4. The topological polar surface area (TPSA) is 102 Å². The number of hydrogen-bond acceptors (Lipinski definition) is 6. The highest BCUT2D eigenvalue weighted by molar-refractivity contribution is 6.63. The highest BCUT2D eigenvalue weighted by atomic mass is 16.6. The van der Waals surface area contributed by atoms with E-state index in [9.17, 15) is 14.4 Å². The number of nitrogens with zero attached hydrogens (tertiary/aromatic N) is 1. The fourth-order valence-corrected chi connectivity index (χ4v) is 1.87. The summed E-state index contributed by atoms with van der Waals surface area (Å²) < 4.78 is 5.06. The van der Waals surface area contributed by atoms with Crippen molar-refractivity contribution in [3.8, 4) is 0 Å². The van der Waals surface area contributed by atoms with Crippen LogP contribution in [0.2, 0.25) is 0 Å². The Balaban J connectivity index is 2.44. The van der Waals surface area contributed by atoms with Crippen LogP contribution in [0.4, 0.5) is 0 Å². The van der Waals surface area contributed by atoms with Gasteiger partial charge in [0, 0.05) is 13.8 Å². The maximum atomic E-state index is 11.0. The molecule has 7 nitrogen and oxygen atoms in total. The van der Waals surface area contributed by atoms with Gasteiger partial charge in [0.1, 0.15) is 12.2 Å². The number of ether oxygens (including phenoxy) is 1. The monoisotopic (exact) mass is 271 g/mol. The summed E-state index contributed by atoms with van der Waals surface area (Å²) in [6, 6.07) is 0. The fourth-order valence-electron chi connectivity index (χ4n) is 1.87. The third-order valence-electron chi connectivity index (χ3n) is 2.78. The molecule has 0 amide bonds. The number of Topliss-reactive ketones (excluding diaryl/α,β-unsaturated/α-hetero) is 1. The first kappa shape index (κ1) is 15.1. The summed E-state index contributed by atoms with van der Waals surface area (Å²) in [4.78, 5) is 37.5. The Labute approximate surface area is 110 Å². The summed E-state index contributed by atoms with van der Waals surface area (Å²) in [5.74, 6) is -2.37. The average molecular weight is 271 g/mol. The van der Waals surface area contributed by atoms with Gasteiger partial charge in [0.2, 0.25) is 5.71 Å². The molecule has 0 aromatic heterocycles. The van der Waals surface area contributed by atoms with Crippen LogP contribution in [0, 0.1) is 0 Å². The van der Waals surface area contributed by atoms with E-state index >= 15 is 0 Å². The number of carboxylic acids is 1. The number of aliphatic carboxylic acids is 1. The van der Waals surface area contributed by atoms with Gasteiger partial charge in [-0.25, -0.2) is 4.79 Å². The van der Waals surface area contributed by atoms with E-state index in [2.05, 4.69) is 5.16 Å². The molecule has 0 saturated heterocycles. The second-order valence-corrected chi connectivity index (χ2v) is 4.41. The molecule has 7 heteroatoms. The molecule has 1 saturated carbocycles. The van der Waals surface area contributed by atoms with Crippen molar-refractivity contribution in [3.63, 3.8) is 0 Å². The fraction of sp³-hybridized carbons (Fsp3) is 0.667. The normalized spacial score (nSPS) is 23.6. The summed E-state index contributed by atoms with van der Waals surface area (Å²) in [7, 11) is 0. The highest BCUT2D eigenvalue weighted by Gasteiger charge is 2.25. The van der Waals surface area contributed by atoms with Gasteiger partial charge in [0.05, 0.1) is 0 Å². The van der Waals surface area contributed by atoms with E-state index in [4.69, 9.17) is 14.7 Å². The molecule has 1 aliphatic carbocycles. The standard InChI is InChI=1S/C12H17NO6/c1-7(14)11(12(16)17)13-19-10-5-3-9(4-6-10)18-8(2)15/h9-10H,3-6H2,1-2H3,(H,16,17)/b13-11-/t9-,10-. The lowest BCUT2D eigenvalue weighted by atomic mass is 9.95. The SMILES string of the molecule is CC(=O)O[C@H]1CC[C@H](O/N=C(/C(C)=O)C(=O)O)CC1. The van der Waals surface area contributed by atoms with Crippen molar-refractivity contribution in [3.05, 3.63) is 0 Å².